The van der Waals surface area contributed by atoms with E-state index < -0.39 is 68.7 Å². The van der Waals surface area contributed by atoms with Gasteiger partial charge in [-0.2, -0.15) is 0 Å². The topological polar surface area (TPSA) is 54.4 Å². The summed E-state index contributed by atoms with van der Waals surface area (Å²) in [6, 6.07) is 0. The summed E-state index contributed by atoms with van der Waals surface area (Å²) in [6.45, 7) is 0. The number of hydrogen-bond acceptors (Lipinski definition) is 2. The summed E-state index contributed by atoms with van der Waals surface area (Å²) in [6.07, 6.45) is 0. The monoisotopic (exact) mass is 200 g/mol. The van der Waals surface area contributed by atoms with Gasteiger partial charge in [-0.05, 0) is 0 Å². The summed E-state index contributed by atoms with van der Waals surface area (Å²) in [7, 11) is 0. The molecule has 0 atom stereocenters. The van der Waals surface area contributed by atoms with Gasteiger partial charge in [0.2, 0.25) is 0 Å². The molecule has 0 aromatic heterocycles. The zero-order chi connectivity index (χ0) is 5.58. The van der Waals surface area contributed by atoms with Crippen molar-refractivity contribution in [3.63, 3.8) is 0 Å². The van der Waals surface area contributed by atoms with Gasteiger partial charge in [-0.25, -0.2) is 0 Å². The van der Waals surface area contributed by atoms with Gasteiger partial charge in [0.1, 0.15) is 0 Å². The molecule has 0 rings (SSSR count). The molecular weight excluding hydrogens is 199 g/mol. The van der Waals surface area contributed by atoms with Crippen LogP contribution in [0.25, 0.3) is 0 Å². The first-order chi connectivity index (χ1) is 2.73. The fraction of sp³-hybridized carbons (Fsp3) is 0. The van der Waals surface area contributed by atoms with Crippen LogP contribution in [0, 0.1) is 0 Å². The van der Waals surface area contributed by atoms with E-state index in [0.29, 0.717) is 0 Å². The van der Waals surface area contributed by atoms with Crippen molar-refractivity contribution in [2.24, 2.45) is 0 Å². The van der Waals surface area contributed by atoms with Crippen LogP contribution < -0.4 is 0 Å². The molecule has 0 unspecified atom stereocenters. The molecule has 32 valence electrons. The van der Waals surface area contributed by atoms with E-state index >= 15 is 0 Å². The fourth-order valence-corrected chi connectivity index (χ4v) is 0. The van der Waals surface area contributed by atoms with E-state index in [-0.39, 0.29) is 0 Å². The van der Waals surface area contributed by atoms with Crippen LogP contribution in [-0.2, 0) is 25.3 Å². The summed E-state index contributed by atoms with van der Waals surface area (Å²) in [5.41, 5.74) is 0. The first-order valence-corrected chi connectivity index (χ1v) is 4.90. The summed E-state index contributed by atoms with van der Waals surface area (Å²) in [4.78, 5) is 0. The number of halogens is 1. The van der Waals surface area contributed by atoms with Crippen LogP contribution in [0.3, 0.4) is 0 Å². The van der Waals surface area contributed by atoms with Crippen molar-refractivity contribution >= 4 is 49.9 Å². The van der Waals surface area contributed by atoms with E-state index in [0.717, 1.165) is 0 Å². The molecular formula is HFKNbO3. The zero-order valence-corrected chi connectivity index (χ0v) is 8.41. The maximum atomic E-state index is 9.69. The minimum atomic E-state index is -3.95. The Morgan fingerprint density at radius 3 is 1.50 bits per heavy atom. The molecule has 0 amide bonds. The molecule has 0 spiro atoms. The van der Waals surface area contributed by atoms with Crippen molar-refractivity contribution in [2.75, 3.05) is 0 Å². The number of rotatable bonds is 0. The Morgan fingerprint density at radius 2 is 1.50 bits per heavy atom. The van der Waals surface area contributed by atoms with Crippen molar-refractivity contribution in [3.05, 3.63) is 0 Å². The second-order valence-electron chi connectivity index (χ2n) is 0.238. The fourth-order valence-electron chi connectivity index (χ4n) is 0. The van der Waals surface area contributed by atoms with E-state index in [9.17, 15) is -0.211 Å². The van der Waals surface area contributed by atoms with Crippen LogP contribution in [0.15, 0.2) is 0 Å². The zero-order valence-electron chi connectivity index (χ0n) is 3.09. The van der Waals surface area contributed by atoms with Gasteiger partial charge in [-0.3, -0.25) is 0 Å². The van der Waals surface area contributed by atoms with Crippen molar-refractivity contribution < 1.29 is 28.7 Å². The molecule has 0 aliphatic rings. The van der Waals surface area contributed by atoms with Crippen LogP contribution in [0.2, 0.25) is 0 Å². The van der Waals surface area contributed by atoms with Crippen molar-refractivity contribution in [2.45, 2.75) is 0 Å². The summed E-state index contributed by atoms with van der Waals surface area (Å²) >= 11 is -4.39. The molecule has 0 heterocycles. The molecule has 0 aromatic carbocycles. The van der Waals surface area contributed by atoms with Gasteiger partial charge in [-0.1, -0.05) is 0 Å². The molecule has 0 aliphatic heterocycles. The Kier molecular flexibility index (Phi) is 17.9. The van der Waals surface area contributed by atoms with Gasteiger partial charge in [0.05, 0.1) is 0 Å². The molecule has 0 aromatic rings. The van der Waals surface area contributed by atoms with Crippen LogP contribution in [0.1, 0.15) is 0 Å². The van der Waals surface area contributed by atoms with Crippen LogP contribution in [0.5, 0.6) is 0 Å². The van der Waals surface area contributed by atoms with Gasteiger partial charge in [-0.15, -0.1) is 0 Å². The predicted octanol–water partition coefficient (Wildman–Crippen LogP) is -0.758. The summed E-state index contributed by atoms with van der Waals surface area (Å²) < 4.78 is 34.2. The van der Waals surface area contributed by atoms with Crippen LogP contribution in [-0.4, -0.2) is 53.5 Å². The van der Waals surface area contributed by atoms with Gasteiger partial charge in [0, 0.05) is 0 Å². The molecule has 6 heteroatoms. The third kappa shape index (κ3) is 39.9. The molecule has 0 saturated carbocycles. The molecule has 0 radical (unpaired) electrons. The van der Waals surface area contributed by atoms with Gasteiger partial charge in [0.25, 0.3) is 0 Å². The molecule has 6 heavy (non-hydrogen) atoms. The van der Waals surface area contributed by atoms with Crippen LogP contribution in [0.4, 0.5) is -0.211 Å². The third-order valence-corrected chi connectivity index (χ3v) is 0. The van der Waals surface area contributed by atoms with E-state index in [2.05, 4.69) is 0 Å². The standard InChI is InChI=1S/FH.K.Nb.H2O.2O/h1H;;;1H2;;/q;2*+1;;;/p-2. The number of hydrogen-bond donors (Lipinski definition) is 1. The molecule has 1 N–H and O–H groups in total. The average molecular weight is 200 g/mol. The van der Waals surface area contributed by atoms with Gasteiger partial charge < -0.3 is 0 Å². The Balaban J connectivity index is 0. The average Bonchev–Trinajstić information content (AvgIpc) is 1.41. The first-order valence-electron chi connectivity index (χ1n) is 0.943. The second kappa shape index (κ2) is 9.98. The normalized spacial score (nSPS) is 5.33. The van der Waals surface area contributed by atoms with E-state index in [4.69, 9.17) is 10.1 Å². The van der Waals surface area contributed by atoms with Crippen LogP contribution >= 0.6 is 0 Å². The Labute approximate surface area is 76.8 Å². The Bertz CT molecular complexity index is 59.2. The van der Waals surface area contributed by atoms with E-state index in [1.165, 1.54) is 0 Å². The van der Waals surface area contributed by atoms with Crippen molar-refractivity contribution in [3.8, 4) is 0 Å². The molecule has 3 nitrogen and oxygen atoms in total. The molecule has 0 saturated heterocycles. The Hall–Kier alpha value is 1.87. The Morgan fingerprint density at radius 1 is 1.50 bits per heavy atom. The van der Waals surface area contributed by atoms with E-state index in [1.54, 1.807) is 0 Å². The predicted molar refractivity (Wildman–Crippen MR) is 10.5 cm³/mol. The third-order valence-electron chi connectivity index (χ3n) is 0. The minimum absolute atomic E-state index is 0.438. The molecule has 0 bridgehead atoms. The quantitative estimate of drug-likeness (QED) is 0.523. The molecule has 0 aliphatic carbocycles. The first kappa shape index (κ1) is 10.8. The summed E-state index contributed by atoms with van der Waals surface area (Å²) in [5, 5.41) is 0. The van der Waals surface area contributed by atoms with Crippen molar-refractivity contribution in [1.82, 2.24) is 0 Å². The van der Waals surface area contributed by atoms with Gasteiger partial charge in [0.15, 0.2) is 0 Å². The second-order valence-corrected chi connectivity index (χ2v) is 1.41. The van der Waals surface area contributed by atoms with Gasteiger partial charge >= 0.3 is 78.6 Å². The SMILES string of the molecule is [F][K].[O]=[Nb](=[O])[OH]. The van der Waals surface area contributed by atoms with Crippen molar-refractivity contribution in [1.29, 1.82) is 0 Å². The van der Waals surface area contributed by atoms with E-state index in [1.807, 2.05) is 0 Å². The molecule has 0 fully saturated rings. The maximum absolute atomic E-state index is 9.69. The summed E-state index contributed by atoms with van der Waals surface area (Å²) in [5.74, 6) is 0.